The van der Waals surface area contributed by atoms with Gasteiger partial charge in [0.25, 0.3) is 5.91 Å². The van der Waals surface area contributed by atoms with Crippen molar-refractivity contribution in [2.45, 2.75) is 26.8 Å². The number of aryl methyl sites for hydroxylation is 1. The number of benzene rings is 2. The van der Waals surface area contributed by atoms with Crippen LogP contribution in [0, 0.1) is 13.8 Å². The topological polar surface area (TPSA) is 56.4 Å². The summed E-state index contributed by atoms with van der Waals surface area (Å²) >= 11 is 5.34. The maximum absolute atomic E-state index is 13.2. The average molecular weight is 395 g/mol. The lowest BCUT2D eigenvalue weighted by molar-refractivity contribution is -0.113. The predicted octanol–water partition coefficient (Wildman–Crippen LogP) is 3.80. The van der Waals surface area contributed by atoms with Gasteiger partial charge in [-0.2, -0.15) is 0 Å². The lowest BCUT2D eigenvalue weighted by Crippen LogP contribution is -2.45. The minimum Gasteiger partial charge on any atom is -0.378 e. The van der Waals surface area contributed by atoms with Gasteiger partial charge in [0.2, 0.25) is 0 Å². The zero-order valence-electron chi connectivity index (χ0n) is 16.9. The van der Waals surface area contributed by atoms with E-state index in [2.05, 4.69) is 16.0 Å². The molecule has 0 bridgehead atoms. The van der Waals surface area contributed by atoms with Crippen molar-refractivity contribution in [3.05, 3.63) is 70.4 Å². The van der Waals surface area contributed by atoms with E-state index in [-0.39, 0.29) is 11.9 Å². The maximum atomic E-state index is 13.2. The van der Waals surface area contributed by atoms with Crippen molar-refractivity contribution in [2.75, 3.05) is 24.3 Å². The van der Waals surface area contributed by atoms with Crippen LogP contribution in [0.1, 0.15) is 29.7 Å². The second-order valence-corrected chi connectivity index (χ2v) is 7.67. The lowest BCUT2D eigenvalue weighted by atomic mass is 9.94. The van der Waals surface area contributed by atoms with Crippen LogP contribution in [-0.2, 0) is 4.79 Å². The first-order chi connectivity index (χ1) is 13.3. The van der Waals surface area contributed by atoms with Crippen LogP contribution in [0.3, 0.4) is 0 Å². The van der Waals surface area contributed by atoms with E-state index in [9.17, 15) is 4.79 Å². The number of nitrogens with one attached hydrogen (secondary N) is 3. The van der Waals surface area contributed by atoms with E-state index in [4.69, 9.17) is 12.2 Å². The fraction of sp³-hybridized carbons (Fsp3) is 0.273. The Morgan fingerprint density at radius 2 is 1.75 bits per heavy atom. The van der Waals surface area contributed by atoms with Gasteiger partial charge in [-0.15, -0.1) is 0 Å². The van der Waals surface area contributed by atoms with E-state index >= 15 is 0 Å². The fourth-order valence-corrected chi connectivity index (χ4v) is 3.56. The van der Waals surface area contributed by atoms with E-state index in [0.717, 1.165) is 33.8 Å². The number of allylic oxidation sites excluding steroid dienone is 1. The molecule has 1 amide bonds. The standard InChI is InChI=1S/C22H26N4OS/c1-13-7-6-8-18(14(13)2)24-21(27)19-15(3)23-22(28)25-20(19)16-9-11-17(12-10-16)26(4)5/h6-12,20H,1-5H3,(H,24,27)(H2,23,25,28). The van der Waals surface area contributed by atoms with Gasteiger partial charge in [-0.25, -0.2) is 0 Å². The number of amides is 1. The van der Waals surface area contributed by atoms with Crippen LogP contribution >= 0.6 is 12.2 Å². The maximum Gasteiger partial charge on any atom is 0.255 e. The third-order valence-electron chi connectivity index (χ3n) is 5.11. The molecule has 1 heterocycles. The number of nitrogens with zero attached hydrogens (tertiary/aromatic N) is 1. The van der Waals surface area contributed by atoms with Crippen molar-refractivity contribution >= 4 is 34.6 Å². The van der Waals surface area contributed by atoms with Gasteiger partial charge in [-0.1, -0.05) is 24.3 Å². The number of rotatable bonds is 4. The first-order valence-electron chi connectivity index (χ1n) is 9.21. The Morgan fingerprint density at radius 3 is 2.39 bits per heavy atom. The number of anilines is 2. The van der Waals surface area contributed by atoms with E-state index in [1.807, 2.05) is 82.2 Å². The van der Waals surface area contributed by atoms with Gasteiger partial charge >= 0.3 is 0 Å². The van der Waals surface area contributed by atoms with Crippen LogP contribution in [0.25, 0.3) is 0 Å². The van der Waals surface area contributed by atoms with E-state index in [1.165, 1.54) is 0 Å². The van der Waals surface area contributed by atoms with Crippen molar-refractivity contribution in [3.8, 4) is 0 Å². The van der Waals surface area contributed by atoms with Gasteiger partial charge in [0, 0.05) is 31.2 Å². The molecule has 5 nitrogen and oxygen atoms in total. The molecule has 1 atom stereocenters. The largest absolute Gasteiger partial charge is 0.378 e. The molecule has 0 saturated carbocycles. The van der Waals surface area contributed by atoms with E-state index in [1.54, 1.807) is 0 Å². The molecule has 3 rings (SSSR count). The minimum absolute atomic E-state index is 0.143. The Labute approximate surface area is 171 Å². The third kappa shape index (κ3) is 4.02. The summed E-state index contributed by atoms with van der Waals surface area (Å²) in [6.45, 7) is 5.93. The molecule has 28 heavy (non-hydrogen) atoms. The first-order valence-corrected chi connectivity index (χ1v) is 9.62. The van der Waals surface area contributed by atoms with Gasteiger partial charge < -0.3 is 20.9 Å². The summed E-state index contributed by atoms with van der Waals surface area (Å²) in [5.74, 6) is -0.143. The van der Waals surface area contributed by atoms with Crippen LogP contribution in [0.4, 0.5) is 11.4 Å². The highest BCUT2D eigenvalue weighted by molar-refractivity contribution is 7.80. The molecule has 146 valence electrons. The Hall–Kier alpha value is -2.86. The predicted molar refractivity (Wildman–Crippen MR) is 120 cm³/mol. The Morgan fingerprint density at radius 1 is 1.07 bits per heavy atom. The van der Waals surface area contributed by atoms with Crippen LogP contribution in [-0.4, -0.2) is 25.1 Å². The van der Waals surface area contributed by atoms with Crippen molar-refractivity contribution in [3.63, 3.8) is 0 Å². The van der Waals surface area contributed by atoms with Gasteiger partial charge in [0.1, 0.15) is 0 Å². The lowest BCUT2D eigenvalue weighted by Gasteiger charge is -2.30. The van der Waals surface area contributed by atoms with E-state index < -0.39 is 0 Å². The molecule has 6 heteroatoms. The molecule has 0 aliphatic carbocycles. The SMILES string of the molecule is CC1=C(C(=O)Nc2cccc(C)c2C)C(c2ccc(N(C)C)cc2)NC(=S)N1. The second-order valence-electron chi connectivity index (χ2n) is 7.26. The highest BCUT2D eigenvalue weighted by Crippen LogP contribution is 2.29. The normalized spacial score (nSPS) is 16.3. The highest BCUT2D eigenvalue weighted by atomic mass is 32.1. The smallest absolute Gasteiger partial charge is 0.255 e. The number of thiocarbonyl (C=S) groups is 1. The van der Waals surface area contributed by atoms with Crippen LogP contribution in [0.2, 0.25) is 0 Å². The summed E-state index contributed by atoms with van der Waals surface area (Å²) in [4.78, 5) is 15.2. The molecular formula is C22H26N4OS. The molecule has 1 unspecified atom stereocenters. The summed E-state index contributed by atoms with van der Waals surface area (Å²) < 4.78 is 0. The molecule has 0 saturated heterocycles. The quantitative estimate of drug-likeness (QED) is 0.689. The van der Waals surface area contributed by atoms with Crippen molar-refractivity contribution < 1.29 is 4.79 Å². The van der Waals surface area contributed by atoms with Gasteiger partial charge in [0.15, 0.2) is 5.11 Å². The molecule has 1 aliphatic heterocycles. The zero-order chi connectivity index (χ0) is 20.4. The number of carbonyl (C=O) groups excluding carboxylic acids is 1. The van der Waals surface area contributed by atoms with E-state index in [0.29, 0.717) is 10.7 Å². The highest BCUT2D eigenvalue weighted by Gasteiger charge is 2.30. The van der Waals surface area contributed by atoms with Crippen molar-refractivity contribution in [2.24, 2.45) is 0 Å². The molecule has 1 aliphatic rings. The Kier molecular flexibility index (Phi) is 5.70. The van der Waals surface area contributed by atoms with Crippen LogP contribution in [0.15, 0.2) is 53.7 Å². The molecule has 0 fully saturated rings. The summed E-state index contributed by atoms with van der Waals surface area (Å²) in [6.07, 6.45) is 0. The fourth-order valence-electron chi connectivity index (χ4n) is 3.29. The van der Waals surface area contributed by atoms with Crippen LogP contribution < -0.4 is 20.9 Å². The molecule has 0 radical (unpaired) electrons. The molecule has 2 aromatic rings. The molecule has 3 N–H and O–H groups in total. The van der Waals surface area contributed by atoms with Crippen molar-refractivity contribution in [1.82, 2.24) is 10.6 Å². The summed E-state index contributed by atoms with van der Waals surface area (Å²) in [5.41, 5.74) is 6.50. The summed E-state index contributed by atoms with van der Waals surface area (Å²) in [7, 11) is 4.00. The van der Waals surface area contributed by atoms with Crippen LogP contribution in [0.5, 0.6) is 0 Å². The number of hydrogen-bond donors (Lipinski definition) is 3. The third-order valence-corrected chi connectivity index (χ3v) is 5.33. The zero-order valence-corrected chi connectivity index (χ0v) is 17.7. The average Bonchev–Trinajstić information content (AvgIpc) is 2.64. The molecule has 0 aromatic heterocycles. The Balaban J connectivity index is 1.95. The second kappa shape index (κ2) is 8.02. The molecular weight excluding hydrogens is 368 g/mol. The molecule has 2 aromatic carbocycles. The van der Waals surface area contributed by atoms with Gasteiger partial charge in [-0.3, -0.25) is 4.79 Å². The first kappa shape index (κ1) is 19.9. The van der Waals surface area contributed by atoms with Crippen molar-refractivity contribution in [1.29, 1.82) is 0 Å². The van der Waals surface area contributed by atoms with Gasteiger partial charge in [-0.05, 0) is 67.9 Å². The monoisotopic (exact) mass is 394 g/mol. The Bertz CT molecular complexity index is 948. The van der Waals surface area contributed by atoms with Gasteiger partial charge in [0.05, 0.1) is 11.6 Å². The summed E-state index contributed by atoms with van der Waals surface area (Å²) in [5, 5.41) is 9.91. The molecule has 0 spiro atoms. The summed E-state index contributed by atoms with van der Waals surface area (Å²) in [6, 6.07) is 13.7. The number of hydrogen-bond acceptors (Lipinski definition) is 3. The number of carbonyl (C=O) groups is 1. The minimum atomic E-state index is -0.310.